The van der Waals surface area contributed by atoms with Gasteiger partial charge in [0.05, 0.1) is 5.56 Å². The second-order valence-electron chi connectivity index (χ2n) is 6.28. The molecule has 2 aromatic carbocycles. The molecule has 0 saturated carbocycles. The van der Waals surface area contributed by atoms with Gasteiger partial charge in [-0.1, -0.05) is 18.2 Å². The Bertz CT molecular complexity index is 1070. The average molecular weight is 401 g/mol. The highest BCUT2D eigenvalue weighted by molar-refractivity contribution is 5.70. The molecule has 0 spiro atoms. The molecule has 150 valence electrons. The molecule has 5 nitrogen and oxygen atoms in total. The highest BCUT2D eigenvalue weighted by Crippen LogP contribution is 2.34. The monoisotopic (exact) mass is 401 g/mol. The average Bonchev–Trinajstić information content (AvgIpc) is 2.70. The number of alkyl halides is 3. The molecule has 3 rings (SSSR count). The maximum Gasteiger partial charge on any atom is 0.416 e. The Morgan fingerprint density at radius 2 is 1.76 bits per heavy atom. The molecule has 0 atom stereocenters. The number of pyridine rings is 1. The summed E-state index contributed by atoms with van der Waals surface area (Å²) in [5.41, 5.74) is 1.32. The summed E-state index contributed by atoms with van der Waals surface area (Å²) >= 11 is 0. The first kappa shape index (κ1) is 20.2. The van der Waals surface area contributed by atoms with E-state index < -0.39 is 11.7 Å². The van der Waals surface area contributed by atoms with Crippen molar-refractivity contribution in [3.05, 3.63) is 77.9 Å². The van der Waals surface area contributed by atoms with Crippen LogP contribution in [0.5, 0.6) is 11.5 Å². The van der Waals surface area contributed by atoms with Gasteiger partial charge < -0.3 is 9.30 Å². The summed E-state index contributed by atoms with van der Waals surface area (Å²) < 4.78 is 45.8. The number of ether oxygens (including phenoxy) is 1. The molecule has 1 amide bonds. The van der Waals surface area contributed by atoms with E-state index in [1.165, 1.54) is 19.2 Å². The first-order chi connectivity index (χ1) is 13.8. The van der Waals surface area contributed by atoms with Gasteiger partial charge in [-0.25, -0.2) is 5.01 Å². The third-order valence-electron chi connectivity index (χ3n) is 4.14. The lowest BCUT2D eigenvalue weighted by Crippen LogP contribution is -2.22. The van der Waals surface area contributed by atoms with Crippen LogP contribution in [-0.2, 0) is 18.0 Å². The van der Waals surface area contributed by atoms with Crippen LogP contribution >= 0.6 is 0 Å². The van der Waals surface area contributed by atoms with Gasteiger partial charge in [0.2, 0.25) is 6.41 Å². The number of halogens is 3. The first-order valence-electron chi connectivity index (χ1n) is 8.62. The molecule has 0 N–H and O–H groups in total. The van der Waals surface area contributed by atoms with E-state index in [9.17, 15) is 18.0 Å². The topological polar surface area (TPSA) is 46.8 Å². The van der Waals surface area contributed by atoms with Crippen molar-refractivity contribution in [2.45, 2.75) is 6.18 Å². The van der Waals surface area contributed by atoms with Crippen LogP contribution in [0.4, 0.5) is 13.2 Å². The molecule has 0 saturated heterocycles. The number of aromatic nitrogens is 1. The van der Waals surface area contributed by atoms with E-state index in [4.69, 9.17) is 4.74 Å². The minimum Gasteiger partial charge on any atom is -0.457 e. The highest BCUT2D eigenvalue weighted by Gasteiger charge is 2.30. The fourth-order valence-electron chi connectivity index (χ4n) is 2.64. The number of carbonyl (C=O) groups excluding carboxylic acids is 1. The summed E-state index contributed by atoms with van der Waals surface area (Å²) in [5.74, 6) is 0.772. The predicted octanol–water partition coefficient (Wildman–Crippen LogP) is 4.41. The number of carbonyl (C=O) groups is 1. The standard InChI is InChI=1S/C21H18F3N3O2/c1-26-12-11-15(13-20(26)25-27(2)14-28)18-5-3-4-6-19(18)29-17-9-7-16(8-10-17)21(22,23)24/h3-14H,1-2H3/b25-20-. The van der Waals surface area contributed by atoms with Crippen molar-refractivity contribution in [3.63, 3.8) is 0 Å². The lowest BCUT2D eigenvalue weighted by molar-refractivity contribution is -0.137. The number of aryl methyl sites for hydroxylation is 1. The van der Waals surface area contributed by atoms with Gasteiger partial charge in [0.15, 0.2) is 5.49 Å². The molecule has 1 aromatic heterocycles. The van der Waals surface area contributed by atoms with E-state index in [2.05, 4.69) is 5.10 Å². The van der Waals surface area contributed by atoms with Gasteiger partial charge in [0, 0.05) is 25.9 Å². The maximum absolute atomic E-state index is 12.7. The van der Waals surface area contributed by atoms with Crippen LogP contribution in [0.15, 0.2) is 72.0 Å². The Morgan fingerprint density at radius 1 is 1.07 bits per heavy atom. The SMILES string of the molecule is CN(C=O)/N=c1/cc(-c2ccccc2Oc2ccc(C(F)(F)F)cc2)ccn1C. The Hall–Kier alpha value is -3.55. The third-order valence-corrected chi connectivity index (χ3v) is 4.14. The molecule has 0 aliphatic rings. The number of nitrogens with zero attached hydrogens (tertiary/aromatic N) is 3. The Labute approximate surface area is 165 Å². The lowest BCUT2D eigenvalue weighted by Gasteiger charge is -2.13. The zero-order valence-corrected chi connectivity index (χ0v) is 15.7. The van der Waals surface area contributed by atoms with Crippen LogP contribution in [0.25, 0.3) is 11.1 Å². The van der Waals surface area contributed by atoms with Crippen LogP contribution in [0, 0.1) is 0 Å². The Morgan fingerprint density at radius 3 is 2.41 bits per heavy atom. The number of rotatable bonds is 5. The first-order valence-corrected chi connectivity index (χ1v) is 8.62. The molecule has 3 aromatic rings. The normalized spacial score (nSPS) is 12.0. The van der Waals surface area contributed by atoms with Gasteiger partial charge in [-0.05, 0) is 48.0 Å². The molecule has 0 aliphatic carbocycles. The second-order valence-corrected chi connectivity index (χ2v) is 6.28. The largest absolute Gasteiger partial charge is 0.457 e. The van der Waals surface area contributed by atoms with E-state index in [-0.39, 0.29) is 5.75 Å². The molecule has 0 aliphatic heterocycles. The third kappa shape index (κ3) is 4.84. The Balaban J connectivity index is 1.97. The van der Waals surface area contributed by atoms with Gasteiger partial charge in [0.1, 0.15) is 11.5 Å². The molecule has 29 heavy (non-hydrogen) atoms. The molecule has 8 heteroatoms. The molecule has 1 heterocycles. The zero-order valence-electron chi connectivity index (χ0n) is 15.7. The summed E-state index contributed by atoms with van der Waals surface area (Å²) in [5, 5.41) is 5.35. The zero-order chi connectivity index (χ0) is 21.0. The molecule has 0 fully saturated rings. The fourth-order valence-corrected chi connectivity index (χ4v) is 2.64. The van der Waals surface area contributed by atoms with Crippen molar-refractivity contribution in [3.8, 4) is 22.6 Å². The van der Waals surface area contributed by atoms with Gasteiger partial charge in [-0.15, -0.1) is 0 Å². The molecular weight excluding hydrogens is 383 g/mol. The van der Waals surface area contributed by atoms with Gasteiger partial charge >= 0.3 is 6.18 Å². The maximum atomic E-state index is 12.7. The quantitative estimate of drug-likeness (QED) is 0.470. The number of hydrogen-bond acceptors (Lipinski definition) is 3. The summed E-state index contributed by atoms with van der Waals surface area (Å²) in [6.45, 7) is 0. The van der Waals surface area contributed by atoms with Crippen LogP contribution < -0.4 is 10.2 Å². The minimum absolute atomic E-state index is 0.289. The van der Waals surface area contributed by atoms with Crippen LogP contribution in [0.2, 0.25) is 0 Å². The summed E-state index contributed by atoms with van der Waals surface area (Å²) in [6, 6.07) is 15.3. The van der Waals surface area contributed by atoms with Crippen molar-refractivity contribution in [1.29, 1.82) is 0 Å². The number of benzene rings is 2. The second kappa shape index (κ2) is 8.22. The molecule has 0 bridgehead atoms. The fraction of sp³-hybridized carbons (Fsp3) is 0.143. The summed E-state index contributed by atoms with van der Waals surface area (Å²) in [4.78, 5) is 10.9. The highest BCUT2D eigenvalue weighted by atomic mass is 19.4. The lowest BCUT2D eigenvalue weighted by atomic mass is 10.1. The van der Waals surface area contributed by atoms with Crippen molar-refractivity contribution >= 4 is 6.41 Å². The van der Waals surface area contributed by atoms with E-state index in [1.807, 2.05) is 18.2 Å². The molecule has 0 radical (unpaired) electrons. The molecular formula is C21H18F3N3O2. The van der Waals surface area contributed by atoms with Crippen molar-refractivity contribution in [2.75, 3.05) is 7.05 Å². The van der Waals surface area contributed by atoms with E-state index in [0.717, 1.165) is 28.3 Å². The number of para-hydroxylation sites is 1. The molecule has 0 unspecified atom stereocenters. The van der Waals surface area contributed by atoms with E-state index in [1.54, 1.807) is 36.0 Å². The Kier molecular flexibility index (Phi) is 5.72. The predicted molar refractivity (Wildman–Crippen MR) is 102 cm³/mol. The van der Waals surface area contributed by atoms with Gasteiger partial charge in [-0.3, -0.25) is 4.79 Å². The van der Waals surface area contributed by atoms with E-state index in [0.29, 0.717) is 17.6 Å². The van der Waals surface area contributed by atoms with Crippen molar-refractivity contribution in [2.24, 2.45) is 12.1 Å². The van der Waals surface area contributed by atoms with Crippen LogP contribution in [-0.4, -0.2) is 23.0 Å². The summed E-state index contributed by atoms with van der Waals surface area (Å²) in [6.07, 6.45) is -2.01. The number of hydrogen-bond donors (Lipinski definition) is 0. The number of amides is 1. The van der Waals surface area contributed by atoms with Crippen molar-refractivity contribution < 1.29 is 22.7 Å². The minimum atomic E-state index is -4.40. The van der Waals surface area contributed by atoms with E-state index >= 15 is 0 Å². The van der Waals surface area contributed by atoms with Gasteiger partial charge in [0.25, 0.3) is 0 Å². The van der Waals surface area contributed by atoms with Crippen LogP contribution in [0.3, 0.4) is 0 Å². The van der Waals surface area contributed by atoms with Crippen LogP contribution in [0.1, 0.15) is 5.56 Å². The summed E-state index contributed by atoms with van der Waals surface area (Å²) in [7, 11) is 3.33. The van der Waals surface area contributed by atoms with Gasteiger partial charge in [-0.2, -0.15) is 18.3 Å². The van der Waals surface area contributed by atoms with Crippen molar-refractivity contribution in [1.82, 2.24) is 9.58 Å². The smallest absolute Gasteiger partial charge is 0.416 e.